The van der Waals surface area contributed by atoms with Crippen molar-refractivity contribution in [3.63, 3.8) is 0 Å². The number of nitrogens with one attached hydrogen (secondary N) is 1. The van der Waals surface area contributed by atoms with Crippen LogP contribution in [0.2, 0.25) is 0 Å². The van der Waals surface area contributed by atoms with Gasteiger partial charge in [0.05, 0.1) is 10.2 Å². The maximum absolute atomic E-state index is 4.72. The molecule has 0 unspecified atom stereocenters. The Morgan fingerprint density at radius 1 is 1.31 bits per heavy atom. The molecule has 88 valence electrons. The second kappa shape index (κ2) is 3.99. The maximum Gasteiger partial charge on any atom is 0.144 e. The molecule has 2 rings (SSSR count). The number of aromatic nitrogens is 2. The lowest BCUT2D eigenvalue weighted by atomic mass is 10.1. The minimum absolute atomic E-state index is 0.218. The summed E-state index contributed by atoms with van der Waals surface area (Å²) in [5.74, 6) is 2.30. The van der Waals surface area contributed by atoms with Crippen LogP contribution in [-0.4, -0.2) is 17.0 Å². The van der Waals surface area contributed by atoms with Crippen LogP contribution >= 0.6 is 15.9 Å². The van der Waals surface area contributed by atoms with Crippen LogP contribution in [0, 0.1) is 0 Å². The van der Waals surface area contributed by atoms with E-state index in [0.29, 0.717) is 5.92 Å². The number of anilines is 1. The van der Waals surface area contributed by atoms with Gasteiger partial charge in [0, 0.05) is 12.5 Å². The van der Waals surface area contributed by atoms with E-state index in [-0.39, 0.29) is 5.41 Å². The molecule has 0 saturated heterocycles. The molecular formula is C12H18BrN3. The fraction of sp³-hybridized carbons (Fsp3) is 0.667. The molecule has 16 heavy (non-hydrogen) atoms. The van der Waals surface area contributed by atoms with E-state index in [0.717, 1.165) is 21.8 Å². The number of hydrogen-bond donors (Lipinski definition) is 1. The highest BCUT2D eigenvalue weighted by Crippen LogP contribution is 2.47. The van der Waals surface area contributed by atoms with Crippen LogP contribution in [0.15, 0.2) is 4.47 Å². The Morgan fingerprint density at radius 3 is 2.38 bits per heavy atom. The highest BCUT2D eigenvalue weighted by molar-refractivity contribution is 9.10. The SMILES string of the molecule is CNc1nc(C2(C)CC2)nc(C(C)C)c1Br. The molecule has 1 aromatic rings. The summed E-state index contributed by atoms with van der Waals surface area (Å²) >= 11 is 3.58. The number of hydrogen-bond acceptors (Lipinski definition) is 3. The van der Waals surface area contributed by atoms with E-state index in [1.807, 2.05) is 7.05 Å². The fourth-order valence-corrected chi connectivity index (χ4v) is 2.53. The summed E-state index contributed by atoms with van der Waals surface area (Å²) in [4.78, 5) is 9.31. The third-order valence-electron chi connectivity index (χ3n) is 3.20. The van der Waals surface area contributed by atoms with Gasteiger partial charge in [0.1, 0.15) is 11.6 Å². The molecule has 0 aliphatic heterocycles. The van der Waals surface area contributed by atoms with Gasteiger partial charge in [-0.15, -0.1) is 0 Å². The van der Waals surface area contributed by atoms with Crippen molar-refractivity contribution < 1.29 is 0 Å². The Kier molecular flexibility index (Phi) is 2.95. The first kappa shape index (κ1) is 11.8. The van der Waals surface area contributed by atoms with Crippen LogP contribution in [0.1, 0.15) is 51.0 Å². The van der Waals surface area contributed by atoms with Gasteiger partial charge in [-0.05, 0) is 34.7 Å². The van der Waals surface area contributed by atoms with Crippen molar-refractivity contribution in [3.05, 3.63) is 16.0 Å². The van der Waals surface area contributed by atoms with Gasteiger partial charge in [0.25, 0.3) is 0 Å². The van der Waals surface area contributed by atoms with Gasteiger partial charge in [0.15, 0.2) is 0 Å². The van der Waals surface area contributed by atoms with E-state index in [2.05, 4.69) is 47.0 Å². The second-order valence-electron chi connectivity index (χ2n) is 5.06. The zero-order valence-corrected chi connectivity index (χ0v) is 11.8. The van der Waals surface area contributed by atoms with E-state index in [9.17, 15) is 0 Å². The minimum atomic E-state index is 0.218. The Morgan fingerprint density at radius 2 is 1.94 bits per heavy atom. The van der Waals surface area contributed by atoms with E-state index in [1.165, 1.54) is 12.8 Å². The largest absolute Gasteiger partial charge is 0.372 e. The summed E-state index contributed by atoms with van der Waals surface area (Å²) in [6, 6.07) is 0. The van der Waals surface area contributed by atoms with Crippen LogP contribution in [0.5, 0.6) is 0 Å². The van der Waals surface area contributed by atoms with Gasteiger partial charge in [-0.25, -0.2) is 9.97 Å². The molecule has 0 atom stereocenters. The van der Waals surface area contributed by atoms with Gasteiger partial charge in [-0.1, -0.05) is 20.8 Å². The molecule has 0 spiro atoms. The number of rotatable bonds is 3. The highest BCUT2D eigenvalue weighted by atomic mass is 79.9. The van der Waals surface area contributed by atoms with Crippen molar-refractivity contribution in [2.45, 2.75) is 44.9 Å². The molecule has 1 fully saturated rings. The summed E-state index contributed by atoms with van der Waals surface area (Å²) in [5, 5.41) is 3.13. The molecule has 0 radical (unpaired) electrons. The molecule has 1 aromatic heterocycles. The third kappa shape index (κ3) is 1.95. The smallest absolute Gasteiger partial charge is 0.144 e. The van der Waals surface area contributed by atoms with Crippen LogP contribution in [0.4, 0.5) is 5.82 Å². The molecule has 1 saturated carbocycles. The molecule has 1 heterocycles. The van der Waals surface area contributed by atoms with E-state index in [4.69, 9.17) is 4.98 Å². The van der Waals surface area contributed by atoms with E-state index in [1.54, 1.807) is 0 Å². The number of halogens is 1. The predicted molar refractivity (Wildman–Crippen MR) is 70.0 cm³/mol. The quantitative estimate of drug-likeness (QED) is 0.923. The topological polar surface area (TPSA) is 37.8 Å². The zero-order valence-electron chi connectivity index (χ0n) is 10.3. The standard InChI is InChI=1S/C12H18BrN3/c1-7(2)9-8(13)10(14-4)16-11(15-9)12(3)5-6-12/h7H,5-6H2,1-4H3,(H,14,15,16). The zero-order chi connectivity index (χ0) is 11.9. The van der Waals surface area contributed by atoms with Crippen molar-refractivity contribution in [3.8, 4) is 0 Å². The lowest BCUT2D eigenvalue weighted by Gasteiger charge is -2.16. The van der Waals surface area contributed by atoms with E-state index < -0.39 is 0 Å². The molecule has 0 aromatic carbocycles. The van der Waals surface area contributed by atoms with Crippen molar-refractivity contribution in [1.29, 1.82) is 0 Å². The summed E-state index contributed by atoms with van der Waals surface area (Å²) in [6.07, 6.45) is 2.41. The van der Waals surface area contributed by atoms with Crippen LogP contribution in [-0.2, 0) is 5.41 Å². The molecule has 1 N–H and O–H groups in total. The molecule has 3 nitrogen and oxygen atoms in total. The normalized spacial score (nSPS) is 17.6. The van der Waals surface area contributed by atoms with E-state index >= 15 is 0 Å². The Labute approximate surface area is 105 Å². The van der Waals surface area contributed by atoms with Gasteiger partial charge < -0.3 is 5.32 Å². The minimum Gasteiger partial charge on any atom is -0.372 e. The second-order valence-corrected chi connectivity index (χ2v) is 5.85. The fourth-order valence-electron chi connectivity index (χ4n) is 1.69. The first-order valence-corrected chi connectivity index (χ1v) is 6.53. The van der Waals surface area contributed by atoms with Crippen molar-refractivity contribution in [2.24, 2.45) is 0 Å². The van der Waals surface area contributed by atoms with Gasteiger partial charge in [-0.2, -0.15) is 0 Å². The van der Waals surface area contributed by atoms with Crippen LogP contribution < -0.4 is 5.32 Å². The van der Waals surface area contributed by atoms with Crippen LogP contribution in [0.3, 0.4) is 0 Å². The average Bonchev–Trinajstić information content (AvgIpc) is 2.97. The Balaban J connectivity index is 2.52. The monoisotopic (exact) mass is 283 g/mol. The maximum atomic E-state index is 4.72. The van der Waals surface area contributed by atoms with Crippen molar-refractivity contribution in [2.75, 3.05) is 12.4 Å². The summed E-state index contributed by atoms with van der Waals surface area (Å²) < 4.78 is 0.998. The molecule has 1 aliphatic rings. The summed E-state index contributed by atoms with van der Waals surface area (Å²) in [6.45, 7) is 6.55. The molecular weight excluding hydrogens is 266 g/mol. The van der Waals surface area contributed by atoms with Crippen LogP contribution in [0.25, 0.3) is 0 Å². The number of nitrogens with zero attached hydrogens (tertiary/aromatic N) is 2. The lowest BCUT2D eigenvalue weighted by Crippen LogP contribution is -2.12. The first-order chi connectivity index (χ1) is 7.48. The van der Waals surface area contributed by atoms with Crippen molar-refractivity contribution >= 4 is 21.7 Å². The Hall–Kier alpha value is -0.640. The molecule has 0 bridgehead atoms. The molecule has 1 aliphatic carbocycles. The van der Waals surface area contributed by atoms with Gasteiger partial charge >= 0.3 is 0 Å². The summed E-state index contributed by atoms with van der Waals surface area (Å²) in [5.41, 5.74) is 1.32. The lowest BCUT2D eigenvalue weighted by molar-refractivity contribution is 0.681. The third-order valence-corrected chi connectivity index (χ3v) is 3.98. The van der Waals surface area contributed by atoms with Gasteiger partial charge in [0.2, 0.25) is 0 Å². The average molecular weight is 284 g/mol. The summed E-state index contributed by atoms with van der Waals surface area (Å²) in [7, 11) is 1.90. The highest BCUT2D eigenvalue weighted by Gasteiger charge is 2.42. The van der Waals surface area contributed by atoms with Crippen molar-refractivity contribution in [1.82, 2.24) is 9.97 Å². The van der Waals surface area contributed by atoms with Gasteiger partial charge in [-0.3, -0.25) is 0 Å². The Bertz CT molecular complexity index is 411. The molecule has 4 heteroatoms. The predicted octanol–water partition coefficient (Wildman–Crippen LogP) is 3.46. The first-order valence-electron chi connectivity index (χ1n) is 5.73. The molecule has 0 amide bonds.